The van der Waals surface area contributed by atoms with Crippen LogP contribution in [0.2, 0.25) is 0 Å². The summed E-state index contributed by atoms with van der Waals surface area (Å²) in [5.74, 6) is 3.22. The van der Waals surface area contributed by atoms with Crippen molar-refractivity contribution < 1.29 is 4.74 Å². The topological polar surface area (TPSA) is 21.3 Å². The average Bonchev–Trinajstić information content (AvgIpc) is 2.48. The lowest BCUT2D eigenvalue weighted by Gasteiger charge is -2.13. The molecule has 0 aliphatic rings. The van der Waals surface area contributed by atoms with Gasteiger partial charge < -0.3 is 10.1 Å². The molecule has 0 aliphatic heterocycles. The van der Waals surface area contributed by atoms with Crippen molar-refractivity contribution in [3.63, 3.8) is 0 Å². The largest absolute Gasteiger partial charge is 0.493 e. The molecule has 0 heterocycles. The minimum absolute atomic E-state index is 0.594. The van der Waals surface area contributed by atoms with E-state index in [-0.39, 0.29) is 0 Å². The zero-order valence-electron chi connectivity index (χ0n) is 13.2. The second-order valence-corrected chi connectivity index (χ2v) is 6.48. The fraction of sp³-hybridized carbons (Fsp3) is 0.647. The summed E-state index contributed by atoms with van der Waals surface area (Å²) in [5.41, 5.74) is 1.39. The lowest BCUT2D eigenvalue weighted by atomic mass is 10.1. The Morgan fingerprint density at radius 2 is 1.95 bits per heavy atom. The highest BCUT2D eigenvalue weighted by Gasteiger charge is 2.02. The summed E-state index contributed by atoms with van der Waals surface area (Å²) in [5, 5.41) is 3.53. The van der Waals surface area contributed by atoms with Gasteiger partial charge in [-0.3, -0.25) is 0 Å². The molecule has 1 aromatic rings. The number of thioether (sulfide) groups is 1. The molecule has 0 radical (unpaired) electrons. The van der Waals surface area contributed by atoms with E-state index in [1.165, 1.54) is 18.4 Å². The Balaban J connectivity index is 2.24. The lowest BCUT2D eigenvalue weighted by molar-refractivity contribution is 0.344. The third kappa shape index (κ3) is 7.81. The van der Waals surface area contributed by atoms with E-state index in [4.69, 9.17) is 4.74 Å². The fourth-order valence-electron chi connectivity index (χ4n) is 1.99. The molecule has 0 amide bonds. The van der Waals surface area contributed by atoms with Crippen molar-refractivity contribution in [2.45, 2.75) is 46.1 Å². The van der Waals surface area contributed by atoms with Crippen molar-refractivity contribution in [2.75, 3.05) is 24.7 Å². The number of ether oxygens (including phenoxy) is 1. The molecule has 0 fully saturated rings. The second kappa shape index (κ2) is 11.0. The molecule has 0 saturated heterocycles. The number of hydrogen-bond donors (Lipinski definition) is 1. The minimum Gasteiger partial charge on any atom is -0.493 e. The summed E-state index contributed by atoms with van der Waals surface area (Å²) >= 11 is 1.92. The average molecular weight is 295 g/mol. The Hall–Kier alpha value is -0.670. The normalized spacial score (nSPS) is 12.3. The summed E-state index contributed by atoms with van der Waals surface area (Å²) < 4.78 is 5.71. The van der Waals surface area contributed by atoms with Gasteiger partial charge in [-0.15, -0.1) is 0 Å². The smallest absolute Gasteiger partial charge is 0.119 e. The summed E-state index contributed by atoms with van der Waals surface area (Å²) in [7, 11) is 0. The first-order valence-corrected chi connectivity index (χ1v) is 8.94. The molecule has 1 rings (SSSR count). The Kier molecular flexibility index (Phi) is 9.60. The van der Waals surface area contributed by atoms with Gasteiger partial charge in [-0.2, -0.15) is 11.8 Å². The molecule has 1 unspecified atom stereocenters. The maximum atomic E-state index is 5.71. The van der Waals surface area contributed by atoms with Crippen molar-refractivity contribution in [2.24, 2.45) is 0 Å². The van der Waals surface area contributed by atoms with E-state index >= 15 is 0 Å². The van der Waals surface area contributed by atoms with Crippen LogP contribution in [0.15, 0.2) is 24.3 Å². The summed E-state index contributed by atoms with van der Waals surface area (Å²) in [6, 6.07) is 9.16. The van der Waals surface area contributed by atoms with E-state index in [0.717, 1.165) is 36.8 Å². The van der Waals surface area contributed by atoms with Crippen molar-refractivity contribution in [1.29, 1.82) is 0 Å². The van der Waals surface area contributed by atoms with Crippen LogP contribution in [0.5, 0.6) is 5.75 Å². The van der Waals surface area contributed by atoms with E-state index in [1.54, 1.807) is 0 Å². The molecule has 0 saturated carbocycles. The van der Waals surface area contributed by atoms with Gasteiger partial charge in [0.25, 0.3) is 0 Å². The molecule has 0 bridgehead atoms. The zero-order valence-corrected chi connectivity index (χ0v) is 14.0. The Labute approximate surface area is 128 Å². The van der Waals surface area contributed by atoms with Gasteiger partial charge in [-0.25, -0.2) is 0 Å². The highest BCUT2D eigenvalue weighted by molar-refractivity contribution is 7.99. The molecule has 1 N–H and O–H groups in total. The molecule has 0 aliphatic carbocycles. The first kappa shape index (κ1) is 17.4. The predicted octanol–water partition coefficient (Wildman–Crippen LogP) is 4.14. The Morgan fingerprint density at radius 1 is 1.20 bits per heavy atom. The van der Waals surface area contributed by atoms with Gasteiger partial charge in [0, 0.05) is 11.8 Å². The van der Waals surface area contributed by atoms with Gasteiger partial charge in [-0.1, -0.05) is 26.0 Å². The molecule has 1 aromatic carbocycles. The van der Waals surface area contributed by atoms with Gasteiger partial charge >= 0.3 is 0 Å². The van der Waals surface area contributed by atoms with Gasteiger partial charge in [0.05, 0.1) is 6.61 Å². The second-order valence-electron chi connectivity index (χ2n) is 5.08. The van der Waals surface area contributed by atoms with Crippen LogP contribution < -0.4 is 10.1 Å². The van der Waals surface area contributed by atoms with E-state index < -0.39 is 0 Å². The Morgan fingerprint density at radius 3 is 2.60 bits per heavy atom. The summed E-state index contributed by atoms with van der Waals surface area (Å²) in [6.45, 7) is 8.56. The van der Waals surface area contributed by atoms with Crippen LogP contribution in [0.3, 0.4) is 0 Å². The first-order chi connectivity index (χ1) is 9.76. The maximum absolute atomic E-state index is 5.71. The molecular weight excluding hydrogens is 266 g/mol. The fourth-order valence-corrected chi connectivity index (χ4v) is 2.48. The third-order valence-electron chi connectivity index (χ3n) is 3.23. The van der Waals surface area contributed by atoms with Crippen LogP contribution in [-0.4, -0.2) is 30.7 Å². The molecule has 3 heteroatoms. The quantitative estimate of drug-likeness (QED) is 0.620. The maximum Gasteiger partial charge on any atom is 0.119 e. The van der Waals surface area contributed by atoms with E-state index in [0.29, 0.717) is 6.04 Å². The predicted molar refractivity (Wildman–Crippen MR) is 91.0 cm³/mol. The molecule has 114 valence electrons. The summed E-state index contributed by atoms with van der Waals surface area (Å²) in [4.78, 5) is 0. The standard InChI is InChI=1S/C17H29NOS/c1-4-12-18-15(3)6-7-16-8-10-17(11-9-16)19-13-14-20-5-2/h8-11,15,18H,4-7,12-14H2,1-3H3. The van der Waals surface area contributed by atoms with Crippen LogP contribution in [-0.2, 0) is 6.42 Å². The minimum atomic E-state index is 0.594. The van der Waals surface area contributed by atoms with Gasteiger partial charge in [0.2, 0.25) is 0 Å². The molecule has 0 aromatic heterocycles. The summed E-state index contributed by atoms with van der Waals surface area (Å²) in [6.07, 6.45) is 3.52. The van der Waals surface area contributed by atoms with Gasteiger partial charge in [0.1, 0.15) is 5.75 Å². The molecular formula is C17H29NOS. The monoisotopic (exact) mass is 295 g/mol. The molecule has 2 nitrogen and oxygen atoms in total. The zero-order chi connectivity index (χ0) is 14.6. The van der Waals surface area contributed by atoms with Crippen LogP contribution in [0.1, 0.15) is 39.2 Å². The SMILES string of the molecule is CCCNC(C)CCc1ccc(OCCSCC)cc1. The van der Waals surface area contributed by atoms with Crippen molar-refractivity contribution in [3.05, 3.63) is 29.8 Å². The number of benzene rings is 1. The molecule has 0 spiro atoms. The van der Waals surface area contributed by atoms with Crippen molar-refractivity contribution in [1.82, 2.24) is 5.32 Å². The van der Waals surface area contributed by atoms with E-state index in [1.807, 2.05) is 11.8 Å². The number of hydrogen-bond acceptors (Lipinski definition) is 3. The van der Waals surface area contributed by atoms with Crippen LogP contribution in [0.4, 0.5) is 0 Å². The molecule has 1 atom stereocenters. The number of aryl methyl sites for hydroxylation is 1. The van der Waals surface area contributed by atoms with Crippen molar-refractivity contribution in [3.8, 4) is 5.75 Å². The van der Waals surface area contributed by atoms with Crippen LogP contribution in [0, 0.1) is 0 Å². The van der Waals surface area contributed by atoms with Crippen LogP contribution in [0.25, 0.3) is 0 Å². The number of nitrogens with one attached hydrogen (secondary N) is 1. The first-order valence-electron chi connectivity index (χ1n) is 7.79. The van der Waals surface area contributed by atoms with Gasteiger partial charge in [0.15, 0.2) is 0 Å². The number of rotatable bonds is 11. The lowest BCUT2D eigenvalue weighted by Crippen LogP contribution is -2.27. The Bertz CT molecular complexity index is 339. The van der Waals surface area contributed by atoms with Crippen LogP contribution >= 0.6 is 11.8 Å². The van der Waals surface area contributed by atoms with Crippen molar-refractivity contribution >= 4 is 11.8 Å². The van der Waals surface area contributed by atoms with E-state index in [2.05, 4.69) is 50.4 Å². The van der Waals surface area contributed by atoms with Gasteiger partial charge in [-0.05, 0) is 56.2 Å². The highest BCUT2D eigenvalue weighted by atomic mass is 32.2. The van der Waals surface area contributed by atoms with E-state index in [9.17, 15) is 0 Å². The third-order valence-corrected chi connectivity index (χ3v) is 4.10. The highest BCUT2D eigenvalue weighted by Crippen LogP contribution is 2.14. The molecule has 20 heavy (non-hydrogen) atoms.